The van der Waals surface area contributed by atoms with Crippen molar-refractivity contribution in [1.82, 2.24) is 0 Å². The molecule has 142 valence electrons. The van der Waals surface area contributed by atoms with E-state index in [-0.39, 0.29) is 24.3 Å². The topological polar surface area (TPSA) is 71.4 Å². The van der Waals surface area contributed by atoms with E-state index in [0.29, 0.717) is 0 Å². The minimum Gasteiger partial charge on any atom is -0.478 e. The van der Waals surface area contributed by atoms with E-state index in [9.17, 15) is 52.7 Å². The van der Waals surface area contributed by atoms with Gasteiger partial charge in [-0.15, -0.1) is 0 Å². The van der Waals surface area contributed by atoms with Gasteiger partial charge < -0.3 is 5.11 Å². The van der Waals surface area contributed by atoms with Crippen LogP contribution in [0.15, 0.2) is 29.2 Å². The molecule has 1 rings (SSSR count). The van der Waals surface area contributed by atoms with Gasteiger partial charge in [-0.2, -0.15) is 39.5 Å². The van der Waals surface area contributed by atoms with Gasteiger partial charge in [-0.1, -0.05) is 0 Å². The molecular formula is C11H5F9O4S. The summed E-state index contributed by atoms with van der Waals surface area (Å²) in [5.41, 5.74) is -0.768. The number of sulfone groups is 1. The highest BCUT2D eigenvalue weighted by molar-refractivity contribution is 7.93. The summed E-state index contributed by atoms with van der Waals surface area (Å²) in [7, 11) is -7.15. The molecule has 0 saturated heterocycles. The number of halogens is 9. The maximum absolute atomic E-state index is 12.8. The SMILES string of the molecule is O=C(O)c1ccc(S(=O)(=O)C(C(F)(F)F)(C(F)(F)F)C(F)(F)F)cc1. The van der Waals surface area contributed by atoms with Gasteiger partial charge in [0.25, 0.3) is 0 Å². The molecule has 0 radical (unpaired) electrons. The first-order chi connectivity index (χ1) is 10.9. The van der Waals surface area contributed by atoms with Crippen LogP contribution in [0.25, 0.3) is 0 Å². The first-order valence-corrected chi connectivity index (χ1v) is 7.17. The molecule has 4 nitrogen and oxygen atoms in total. The van der Waals surface area contributed by atoms with E-state index < -0.39 is 49.5 Å². The van der Waals surface area contributed by atoms with Crippen LogP contribution in [0, 0.1) is 0 Å². The summed E-state index contributed by atoms with van der Waals surface area (Å²) in [5.74, 6) is -1.74. The van der Waals surface area contributed by atoms with Gasteiger partial charge >= 0.3 is 29.2 Å². The Morgan fingerprint density at radius 2 is 1.08 bits per heavy atom. The lowest BCUT2D eigenvalue weighted by Gasteiger charge is -2.37. The molecule has 14 heteroatoms. The second-order valence-electron chi connectivity index (χ2n) is 4.51. The van der Waals surface area contributed by atoms with E-state index in [1.807, 2.05) is 0 Å². The van der Waals surface area contributed by atoms with Crippen LogP contribution in [-0.2, 0) is 9.84 Å². The third-order valence-electron chi connectivity index (χ3n) is 3.01. The summed E-state index contributed by atoms with van der Waals surface area (Å²) in [6.07, 6.45) is -21.9. The molecule has 1 aromatic rings. The summed E-state index contributed by atoms with van der Waals surface area (Å²) in [6, 6.07) is 0.333. The van der Waals surface area contributed by atoms with E-state index in [4.69, 9.17) is 5.11 Å². The second kappa shape index (κ2) is 5.78. The Hall–Kier alpha value is -1.99. The van der Waals surface area contributed by atoms with Gasteiger partial charge in [0.1, 0.15) is 0 Å². The van der Waals surface area contributed by atoms with Crippen molar-refractivity contribution in [2.75, 3.05) is 0 Å². The van der Waals surface area contributed by atoms with Crippen molar-refractivity contribution in [2.24, 2.45) is 0 Å². The van der Waals surface area contributed by atoms with E-state index in [2.05, 4.69) is 0 Å². The van der Waals surface area contributed by atoms with Gasteiger partial charge in [-0.05, 0) is 24.3 Å². The first kappa shape index (κ1) is 21.1. The van der Waals surface area contributed by atoms with Crippen molar-refractivity contribution in [3.8, 4) is 0 Å². The maximum atomic E-state index is 12.8. The molecule has 0 spiro atoms. The number of hydrogen-bond acceptors (Lipinski definition) is 3. The van der Waals surface area contributed by atoms with Crippen LogP contribution in [0.5, 0.6) is 0 Å². The number of hydrogen-bond donors (Lipinski definition) is 1. The summed E-state index contributed by atoms with van der Waals surface area (Å²) < 4.78 is 132. The largest absolute Gasteiger partial charge is 0.478 e. The third-order valence-corrected chi connectivity index (χ3v) is 5.41. The molecule has 0 bridgehead atoms. The van der Waals surface area contributed by atoms with Crippen molar-refractivity contribution in [2.45, 2.75) is 28.2 Å². The minimum absolute atomic E-state index is 0.0866. The van der Waals surface area contributed by atoms with Crippen molar-refractivity contribution in [1.29, 1.82) is 0 Å². The lowest BCUT2D eigenvalue weighted by molar-refractivity contribution is -0.347. The molecule has 1 N–H and O–H groups in total. The average Bonchev–Trinajstić information content (AvgIpc) is 2.33. The van der Waals surface area contributed by atoms with Crippen LogP contribution in [0.1, 0.15) is 10.4 Å². The predicted octanol–water partition coefficient (Wildman–Crippen LogP) is 3.58. The summed E-state index contributed by atoms with van der Waals surface area (Å²) in [4.78, 5) is 8.55. The standard InChI is InChI=1S/C11H5F9O4S/c12-9(13,14)8(10(15,16)17,11(18,19)20)25(23,24)6-3-1-5(2-4-6)7(21)22/h1-4H,(H,21,22). The highest BCUT2D eigenvalue weighted by Crippen LogP contribution is 2.58. The normalized spacial score (nSPS) is 14.4. The van der Waals surface area contributed by atoms with Gasteiger partial charge in [0.05, 0.1) is 10.5 Å². The second-order valence-corrected chi connectivity index (χ2v) is 6.60. The van der Waals surface area contributed by atoms with Crippen LogP contribution >= 0.6 is 0 Å². The Balaban J connectivity index is 3.90. The lowest BCUT2D eigenvalue weighted by atomic mass is 10.1. The summed E-state index contributed by atoms with van der Waals surface area (Å²) >= 11 is 0. The zero-order valence-electron chi connectivity index (χ0n) is 11.3. The van der Waals surface area contributed by atoms with Crippen molar-refractivity contribution in [3.05, 3.63) is 29.8 Å². The monoisotopic (exact) mass is 404 g/mol. The molecule has 0 aromatic heterocycles. The summed E-state index contributed by atoms with van der Waals surface area (Å²) in [5, 5.41) is 8.54. The average molecular weight is 404 g/mol. The molecule has 0 fully saturated rings. The van der Waals surface area contributed by atoms with E-state index in [1.165, 1.54) is 0 Å². The Labute approximate surface area is 132 Å². The van der Waals surface area contributed by atoms with E-state index in [0.717, 1.165) is 0 Å². The van der Waals surface area contributed by atoms with Gasteiger partial charge in [-0.25, -0.2) is 13.2 Å². The van der Waals surface area contributed by atoms with Gasteiger partial charge in [0.2, 0.25) is 9.84 Å². The van der Waals surface area contributed by atoms with Crippen LogP contribution < -0.4 is 0 Å². The van der Waals surface area contributed by atoms with E-state index in [1.54, 1.807) is 0 Å². The Bertz CT molecular complexity index is 721. The molecule has 25 heavy (non-hydrogen) atoms. The fraction of sp³-hybridized carbons (Fsp3) is 0.364. The molecule has 0 atom stereocenters. The van der Waals surface area contributed by atoms with Crippen LogP contribution in [0.2, 0.25) is 0 Å². The molecule has 0 aliphatic heterocycles. The quantitative estimate of drug-likeness (QED) is 0.782. The number of rotatable bonds is 3. The van der Waals surface area contributed by atoms with Crippen LogP contribution in [0.3, 0.4) is 0 Å². The van der Waals surface area contributed by atoms with Crippen LogP contribution in [0.4, 0.5) is 39.5 Å². The Morgan fingerprint density at radius 1 is 0.760 bits per heavy atom. The predicted molar refractivity (Wildman–Crippen MR) is 61.5 cm³/mol. The van der Waals surface area contributed by atoms with Gasteiger partial charge in [0, 0.05) is 0 Å². The Kier molecular flexibility index (Phi) is 4.86. The van der Waals surface area contributed by atoms with Gasteiger partial charge in [-0.3, -0.25) is 0 Å². The molecule has 0 unspecified atom stereocenters. The van der Waals surface area contributed by atoms with Crippen molar-refractivity contribution < 1.29 is 57.8 Å². The smallest absolute Gasteiger partial charge is 0.426 e. The minimum atomic E-state index is -7.30. The van der Waals surface area contributed by atoms with E-state index >= 15 is 0 Å². The molecule has 0 heterocycles. The molecule has 0 saturated carbocycles. The molecule has 0 aliphatic rings. The molecule has 0 amide bonds. The number of benzene rings is 1. The number of carboxylic acid groups (broad SMARTS) is 1. The number of carboxylic acids is 1. The Morgan fingerprint density at radius 3 is 1.32 bits per heavy atom. The van der Waals surface area contributed by atoms with Crippen LogP contribution in [-0.4, -0.2) is 42.8 Å². The van der Waals surface area contributed by atoms with Crippen molar-refractivity contribution >= 4 is 15.8 Å². The number of alkyl halides is 9. The highest BCUT2D eigenvalue weighted by Gasteiger charge is 2.90. The molecular weight excluding hydrogens is 399 g/mol. The maximum Gasteiger partial charge on any atom is 0.426 e. The third kappa shape index (κ3) is 3.02. The zero-order chi connectivity index (χ0) is 20.1. The highest BCUT2D eigenvalue weighted by atomic mass is 32.2. The first-order valence-electron chi connectivity index (χ1n) is 5.69. The van der Waals surface area contributed by atoms with Crippen molar-refractivity contribution in [3.63, 3.8) is 0 Å². The zero-order valence-corrected chi connectivity index (χ0v) is 12.1. The van der Waals surface area contributed by atoms with Gasteiger partial charge in [0.15, 0.2) is 0 Å². The number of carbonyl (C=O) groups is 1. The summed E-state index contributed by atoms with van der Waals surface area (Å²) in [6.45, 7) is 0. The molecule has 0 aliphatic carbocycles. The molecule has 1 aromatic carbocycles. The fourth-order valence-electron chi connectivity index (χ4n) is 1.89. The fourth-order valence-corrected chi connectivity index (χ4v) is 3.65. The lowest BCUT2D eigenvalue weighted by Crippen LogP contribution is -2.70. The number of aromatic carboxylic acids is 1.